The van der Waals surface area contributed by atoms with Crippen LogP contribution in [-0.2, 0) is 16.0 Å². The number of benzene rings is 3. The van der Waals surface area contributed by atoms with Gasteiger partial charge >= 0.3 is 6.03 Å². The molecule has 1 fully saturated rings. The molecule has 0 aromatic heterocycles. The summed E-state index contributed by atoms with van der Waals surface area (Å²) in [6.07, 6.45) is 4.73. The number of aliphatic hydroxyl groups is 1. The summed E-state index contributed by atoms with van der Waals surface area (Å²) in [5, 5.41) is 18.0. The van der Waals surface area contributed by atoms with Gasteiger partial charge in [-0.1, -0.05) is 62.6 Å². The monoisotopic (exact) mass is 600 g/mol. The van der Waals surface area contributed by atoms with Crippen LogP contribution in [0.25, 0.3) is 10.8 Å². The van der Waals surface area contributed by atoms with Crippen molar-refractivity contribution in [3.63, 3.8) is 0 Å². The van der Waals surface area contributed by atoms with Crippen LogP contribution in [0, 0.1) is 11.8 Å². The topological polar surface area (TPSA) is 111 Å². The number of amides is 4. The Morgan fingerprint density at radius 2 is 1.80 bits per heavy atom. The molecule has 1 aliphatic carbocycles. The predicted molar refractivity (Wildman–Crippen MR) is 173 cm³/mol. The predicted octanol–water partition coefficient (Wildman–Crippen LogP) is 5.67. The smallest absolute Gasteiger partial charge is 0.321 e. The average Bonchev–Trinajstić information content (AvgIpc) is 3.08. The van der Waals surface area contributed by atoms with Crippen molar-refractivity contribution < 1.29 is 24.2 Å². The Labute approximate surface area is 259 Å². The molecule has 0 spiro atoms. The highest BCUT2D eigenvalue weighted by Crippen LogP contribution is 2.31. The SMILES string of the molecule is C[C@H]1CN([C@@H](C)CO)C(=O)Cc2cc(NC(=O)C3CCCCC3)ccc2O[C@@H]1CN(C)C(=O)Nc1cccc2ccccc12. The Hall–Kier alpha value is -4.11. The lowest BCUT2D eigenvalue weighted by atomic mass is 9.88. The maximum atomic E-state index is 13.6. The number of anilines is 2. The van der Waals surface area contributed by atoms with E-state index in [1.165, 1.54) is 6.42 Å². The van der Waals surface area contributed by atoms with E-state index in [2.05, 4.69) is 10.6 Å². The van der Waals surface area contributed by atoms with Gasteiger partial charge in [0.1, 0.15) is 11.9 Å². The van der Waals surface area contributed by atoms with Gasteiger partial charge in [-0.15, -0.1) is 0 Å². The summed E-state index contributed by atoms with van der Waals surface area (Å²) < 4.78 is 6.58. The van der Waals surface area contributed by atoms with Crippen LogP contribution in [0.4, 0.5) is 16.2 Å². The van der Waals surface area contributed by atoms with E-state index in [4.69, 9.17) is 4.74 Å². The minimum Gasteiger partial charge on any atom is -0.488 e. The molecule has 0 radical (unpaired) electrons. The summed E-state index contributed by atoms with van der Waals surface area (Å²) in [4.78, 5) is 43.2. The van der Waals surface area contributed by atoms with Gasteiger partial charge in [0.2, 0.25) is 11.8 Å². The second-order valence-electron chi connectivity index (χ2n) is 12.4. The first-order valence-electron chi connectivity index (χ1n) is 15.7. The number of hydrogen-bond donors (Lipinski definition) is 3. The number of nitrogens with zero attached hydrogens (tertiary/aromatic N) is 2. The number of fused-ring (bicyclic) bond motifs is 2. The molecule has 3 N–H and O–H groups in total. The van der Waals surface area contributed by atoms with Gasteiger partial charge in [-0.05, 0) is 49.4 Å². The van der Waals surface area contributed by atoms with E-state index in [1.807, 2.05) is 68.4 Å². The van der Waals surface area contributed by atoms with E-state index >= 15 is 0 Å². The number of hydrogen-bond acceptors (Lipinski definition) is 5. The molecule has 3 aromatic rings. The van der Waals surface area contributed by atoms with Crippen LogP contribution in [0.1, 0.15) is 51.5 Å². The number of urea groups is 1. The lowest BCUT2D eigenvalue weighted by Gasteiger charge is -2.34. The van der Waals surface area contributed by atoms with Crippen LogP contribution >= 0.6 is 0 Å². The number of likely N-dealkylation sites (N-methyl/N-ethyl adjacent to an activating group) is 1. The van der Waals surface area contributed by atoms with E-state index in [0.29, 0.717) is 23.5 Å². The standard InChI is InChI=1S/C35H44N4O5/c1-23-20-39(24(2)22-40)33(41)19-27-18-28(36-34(42)26-11-5-4-6-12-26)16-17-31(27)44-32(23)21-38(3)35(43)37-30-15-9-13-25-10-7-8-14-29(25)30/h7-10,13-18,23-24,26,32,40H,4-6,11-12,19-22H2,1-3H3,(H,36,42)(H,37,43)/t23-,24-,32+/m0/s1. The number of aliphatic hydroxyl groups excluding tert-OH is 1. The molecule has 0 bridgehead atoms. The van der Waals surface area contributed by atoms with Crippen molar-refractivity contribution in [1.82, 2.24) is 9.80 Å². The molecule has 1 saturated carbocycles. The highest BCUT2D eigenvalue weighted by molar-refractivity contribution is 6.01. The molecular weight excluding hydrogens is 556 g/mol. The quantitative estimate of drug-likeness (QED) is 0.324. The van der Waals surface area contributed by atoms with E-state index in [1.54, 1.807) is 22.9 Å². The number of ether oxygens (including phenoxy) is 1. The van der Waals surface area contributed by atoms with Crippen molar-refractivity contribution in [2.75, 3.05) is 37.4 Å². The first kappa shape index (κ1) is 31.3. The first-order valence-corrected chi connectivity index (χ1v) is 15.7. The maximum absolute atomic E-state index is 13.6. The molecule has 4 amide bonds. The zero-order chi connectivity index (χ0) is 31.2. The lowest BCUT2D eigenvalue weighted by Crippen LogP contribution is -2.48. The number of carbonyl (C=O) groups excluding carboxylic acids is 3. The van der Waals surface area contributed by atoms with E-state index in [9.17, 15) is 19.5 Å². The Balaban J connectivity index is 1.37. The minimum atomic E-state index is -0.445. The van der Waals surface area contributed by atoms with Crippen LogP contribution in [-0.4, -0.2) is 71.6 Å². The highest BCUT2D eigenvalue weighted by atomic mass is 16.5. The van der Waals surface area contributed by atoms with Gasteiger partial charge in [0, 0.05) is 42.1 Å². The largest absolute Gasteiger partial charge is 0.488 e. The molecule has 3 aromatic carbocycles. The Kier molecular flexibility index (Phi) is 10.0. The van der Waals surface area contributed by atoms with E-state index in [-0.39, 0.29) is 55.3 Å². The Bertz CT molecular complexity index is 1480. The fourth-order valence-corrected chi connectivity index (χ4v) is 6.23. The normalized spacial score (nSPS) is 20.0. The summed E-state index contributed by atoms with van der Waals surface area (Å²) >= 11 is 0. The van der Waals surface area contributed by atoms with Crippen molar-refractivity contribution in [3.05, 3.63) is 66.2 Å². The van der Waals surface area contributed by atoms with E-state index in [0.717, 1.165) is 42.1 Å². The van der Waals surface area contributed by atoms with Crippen molar-refractivity contribution in [2.24, 2.45) is 11.8 Å². The van der Waals surface area contributed by atoms with Crippen molar-refractivity contribution in [1.29, 1.82) is 0 Å². The Morgan fingerprint density at radius 1 is 1.05 bits per heavy atom. The molecule has 0 unspecified atom stereocenters. The first-order chi connectivity index (χ1) is 21.2. The van der Waals surface area contributed by atoms with Crippen LogP contribution in [0.2, 0.25) is 0 Å². The average molecular weight is 601 g/mol. The van der Waals surface area contributed by atoms with Gasteiger partial charge in [-0.2, -0.15) is 0 Å². The van der Waals surface area contributed by atoms with Crippen molar-refractivity contribution in [3.8, 4) is 5.75 Å². The second kappa shape index (κ2) is 14.1. The molecule has 5 rings (SSSR count). The van der Waals surface area contributed by atoms with Gasteiger partial charge in [-0.25, -0.2) is 4.79 Å². The fourth-order valence-electron chi connectivity index (χ4n) is 6.23. The zero-order valence-electron chi connectivity index (χ0n) is 25.9. The van der Waals surface area contributed by atoms with Crippen LogP contribution in [0.5, 0.6) is 5.75 Å². The van der Waals surface area contributed by atoms with Gasteiger partial charge in [0.25, 0.3) is 0 Å². The molecule has 3 atom stereocenters. The number of rotatable bonds is 7. The van der Waals surface area contributed by atoms with Gasteiger partial charge in [-0.3, -0.25) is 9.59 Å². The van der Waals surface area contributed by atoms with Gasteiger partial charge < -0.3 is 30.3 Å². The van der Waals surface area contributed by atoms with Gasteiger partial charge in [0.05, 0.1) is 31.3 Å². The highest BCUT2D eigenvalue weighted by Gasteiger charge is 2.32. The molecule has 9 heteroatoms. The number of carbonyl (C=O) groups is 3. The van der Waals surface area contributed by atoms with Crippen molar-refractivity contribution in [2.45, 2.75) is 64.5 Å². The third kappa shape index (κ3) is 7.33. The minimum absolute atomic E-state index is 0.00789. The molecule has 44 heavy (non-hydrogen) atoms. The summed E-state index contributed by atoms with van der Waals surface area (Å²) in [5.41, 5.74) is 2.02. The molecule has 1 heterocycles. The lowest BCUT2D eigenvalue weighted by molar-refractivity contribution is -0.134. The van der Waals surface area contributed by atoms with Gasteiger partial charge in [0.15, 0.2) is 0 Å². The molecule has 0 saturated heterocycles. The molecule has 234 valence electrons. The molecule has 2 aliphatic rings. The van der Waals surface area contributed by atoms with Crippen LogP contribution < -0.4 is 15.4 Å². The third-order valence-electron chi connectivity index (χ3n) is 8.99. The summed E-state index contributed by atoms with van der Waals surface area (Å²) in [5.74, 6) is 0.292. The summed E-state index contributed by atoms with van der Waals surface area (Å²) in [7, 11) is 1.73. The maximum Gasteiger partial charge on any atom is 0.321 e. The third-order valence-corrected chi connectivity index (χ3v) is 8.99. The zero-order valence-corrected chi connectivity index (χ0v) is 25.9. The van der Waals surface area contributed by atoms with Crippen LogP contribution in [0.15, 0.2) is 60.7 Å². The number of nitrogens with one attached hydrogen (secondary N) is 2. The van der Waals surface area contributed by atoms with E-state index < -0.39 is 6.10 Å². The molecule has 9 nitrogen and oxygen atoms in total. The summed E-state index contributed by atoms with van der Waals surface area (Å²) in [6, 6.07) is 18.5. The summed E-state index contributed by atoms with van der Waals surface area (Å²) in [6.45, 7) is 4.29. The van der Waals surface area contributed by atoms with Crippen molar-refractivity contribution >= 4 is 40.0 Å². The van der Waals surface area contributed by atoms with Crippen LogP contribution in [0.3, 0.4) is 0 Å². The fraction of sp³-hybridized carbons (Fsp3) is 0.457. The molecular formula is C35H44N4O5. The molecule has 1 aliphatic heterocycles. The Morgan fingerprint density at radius 3 is 2.57 bits per heavy atom. The second-order valence-corrected chi connectivity index (χ2v) is 12.4.